The Labute approximate surface area is 198 Å². The van der Waals surface area contributed by atoms with Crippen molar-refractivity contribution in [3.63, 3.8) is 0 Å². The molecule has 1 atom stereocenters. The molecule has 8 nitrogen and oxygen atoms in total. The molecule has 11 heteroatoms. The molecule has 0 saturated carbocycles. The third kappa shape index (κ3) is 5.33. The number of nitrogens with one attached hydrogen (secondary N) is 1. The van der Waals surface area contributed by atoms with Crippen LogP contribution in [0.15, 0.2) is 54.7 Å². The molecule has 1 N–H and O–H groups in total. The monoisotopic (exact) mass is 483 g/mol. The molecule has 0 bridgehead atoms. The number of carbonyl (C=O) groups excluding carboxylic acids is 2. The van der Waals surface area contributed by atoms with Crippen LogP contribution in [0.5, 0.6) is 0 Å². The average molecular weight is 483 g/mol. The molecular formula is C24H20F3N5O3. The molecular weight excluding hydrogens is 463 g/mol. The van der Waals surface area contributed by atoms with Gasteiger partial charge < -0.3 is 10.2 Å². The molecule has 0 radical (unpaired) electrons. The first-order chi connectivity index (χ1) is 16.7. The van der Waals surface area contributed by atoms with Gasteiger partial charge in [0.15, 0.2) is 0 Å². The Bertz CT molecular complexity index is 1290. The van der Waals surface area contributed by atoms with E-state index in [1.54, 1.807) is 47.4 Å². The van der Waals surface area contributed by atoms with Crippen molar-refractivity contribution in [3.05, 3.63) is 77.1 Å². The number of carbonyl (C=O) groups is 2. The standard InChI is InChI=1S/C24H20F3N5O3/c1-15-14-31-21(20(13-29-31)30-22(33)18-4-2-3-17(11-18)12-28)23(34)32(15)19-7-5-16(6-8-19)9-10-35-24(25,26)27/h2-8,11,13,15H,9-10,14H2,1H3,(H,30,33)/t15-/m0/s1. The van der Waals surface area contributed by atoms with Crippen molar-refractivity contribution in [1.82, 2.24) is 9.78 Å². The van der Waals surface area contributed by atoms with E-state index in [1.165, 1.54) is 16.9 Å². The van der Waals surface area contributed by atoms with Crippen LogP contribution in [0.4, 0.5) is 24.5 Å². The second-order valence-corrected chi connectivity index (χ2v) is 7.97. The molecule has 0 unspecified atom stereocenters. The third-order valence-electron chi connectivity index (χ3n) is 5.51. The normalized spacial score (nSPS) is 15.5. The largest absolute Gasteiger partial charge is 0.522 e. The molecule has 0 aliphatic carbocycles. The Kier molecular flexibility index (Phi) is 6.57. The maximum Gasteiger partial charge on any atom is 0.522 e. The summed E-state index contributed by atoms with van der Waals surface area (Å²) in [6, 6.07) is 14.5. The SMILES string of the molecule is C[C@H]1Cn2ncc(NC(=O)c3cccc(C#N)c3)c2C(=O)N1c1ccc(CCOC(F)(F)F)cc1. The van der Waals surface area contributed by atoms with Gasteiger partial charge in [-0.25, -0.2) is 0 Å². The van der Waals surface area contributed by atoms with Gasteiger partial charge in [0.05, 0.1) is 42.7 Å². The Hall–Kier alpha value is -4.17. The van der Waals surface area contributed by atoms with Crippen molar-refractivity contribution in [1.29, 1.82) is 5.26 Å². The van der Waals surface area contributed by atoms with E-state index in [4.69, 9.17) is 5.26 Å². The van der Waals surface area contributed by atoms with Crippen LogP contribution < -0.4 is 10.2 Å². The Morgan fingerprint density at radius 3 is 2.69 bits per heavy atom. The zero-order chi connectivity index (χ0) is 25.2. The number of ether oxygens (including phenoxy) is 1. The van der Waals surface area contributed by atoms with Crippen LogP contribution in [0, 0.1) is 11.3 Å². The van der Waals surface area contributed by atoms with Crippen LogP contribution in [0.25, 0.3) is 0 Å². The summed E-state index contributed by atoms with van der Waals surface area (Å²) in [5, 5.41) is 16.0. The quantitative estimate of drug-likeness (QED) is 0.568. The van der Waals surface area contributed by atoms with E-state index in [0.717, 1.165) is 0 Å². The van der Waals surface area contributed by atoms with Crippen LogP contribution >= 0.6 is 0 Å². The molecule has 0 fully saturated rings. The van der Waals surface area contributed by atoms with E-state index in [9.17, 15) is 22.8 Å². The molecule has 3 aromatic rings. The van der Waals surface area contributed by atoms with Gasteiger partial charge in [0, 0.05) is 11.3 Å². The minimum Gasteiger partial charge on any atom is -0.319 e. The van der Waals surface area contributed by atoms with Gasteiger partial charge in [0.25, 0.3) is 11.8 Å². The number of amides is 2. The van der Waals surface area contributed by atoms with Crippen molar-refractivity contribution in [2.75, 3.05) is 16.8 Å². The highest BCUT2D eigenvalue weighted by atomic mass is 19.4. The molecule has 35 heavy (non-hydrogen) atoms. The molecule has 180 valence electrons. The maximum absolute atomic E-state index is 13.4. The highest BCUT2D eigenvalue weighted by Gasteiger charge is 2.34. The predicted octanol–water partition coefficient (Wildman–Crippen LogP) is 4.13. The zero-order valence-corrected chi connectivity index (χ0v) is 18.5. The first kappa shape index (κ1) is 24.0. The average Bonchev–Trinajstić information content (AvgIpc) is 3.21. The lowest BCUT2D eigenvalue weighted by atomic mass is 10.1. The van der Waals surface area contributed by atoms with E-state index in [1.807, 2.05) is 13.0 Å². The number of fused-ring (bicyclic) bond motifs is 1. The first-order valence-electron chi connectivity index (χ1n) is 10.7. The molecule has 2 amide bonds. The van der Waals surface area contributed by atoms with Gasteiger partial charge >= 0.3 is 6.36 Å². The van der Waals surface area contributed by atoms with Crippen molar-refractivity contribution in [2.45, 2.75) is 32.3 Å². The van der Waals surface area contributed by atoms with E-state index >= 15 is 0 Å². The van der Waals surface area contributed by atoms with Crippen LogP contribution in [0.3, 0.4) is 0 Å². The van der Waals surface area contributed by atoms with Crippen molar-refractivity contribution < 1.29 is 27.5 Å². The van der Waals surface area contributed by atoms with Crippen molar-refractivity contribution >= 4 is 23.2 Å². The number of benzene rings is 2. The molecule has 1 aliphatic heterocycles. The van der Waals surface area contributed by atoms with Gasteiger partial charge in [0.2, 0.25) is 0 Å². The smallest absolute Gasteiger partial charge is 0.319 e. The van der Waals surface area contributed by atoms with Gasteiger partial charge in [-0.3, -0.25) is 19.0 Å². The highest BCUT2D eigenvalue weighted by Crippen LogP contribution is 2.29. The van der Waals surface area contributed by atoms with Crippen molar-refractivity contribution in [2.24, 2.45) is 0 Å². The van der Waals surface area contributed by atoms with Crippen molar-refractivity contribution in [3.8, 4) is 6.07 Å². The fraction of sp³-hybridized carbons (Fsp3) is 0.250. The van der Waals surface area contributed by atoms with Gasteiger partial charge in [0.1, 0.15) is 5.69 Å². The molecule has 1 aromatic heterocycles. The summed E-state index contributed by atoms with van der Waals surface area (Å²) >= 11 is 0. The second kappa shape index (κ2) is 9.60. The first-order valence-corrected chi connectivity index (χ1v) is 10.7. The van der Waals surface area contributed by atoms with Gasteiger partial charge in [-0.2, -0.15) is 10.4 Å². The number of hydrogen-bond acceptors (Lipinski definition) is 5. The zero-order valence-electron chi connectivity index (χ0n) is 18.5. The number of halogens is 3. The summed E-state index contributed by atoms with van der Waals surface area (Å²) in [5.41, 5.74) is 2.24. The highest BCUT2D eigenvalue weighted by molar-refractivity contribution is 6.13. The van der Waals surface area contributed by atoms with E-state index < -0.39 is 18.9 Å². The van der Waals surface area contributed by atoms with Gasteiger partial charge in [-0.15, -0.1) is 13.2 Å². The summed E-state index contributed by atoms with van der Waals surface area (Å²) in [6.07, 6.45) is -3.21. The lowest BCUT2D eigenvalue weighted by Crippen LogP contribution is -2.47. The van der Waals surface area contributed by atoms with Gasteiger partial charge in [-0.1, -0.05) is 18.2 Å². The van der Waals surface area contributed by atoms with E-state index in [-0.39, 0.29) is 35.3 Å². The summed E-state index contributed by atoms with van der Waals surface area (Å²) < 4.78 is 41.9. The maximum atomic E-state index is 13.4. The van der Waals surface area contributed by atoms with E-state index in [2.05, 4.69) is 15.2 Å². The predicted molar refractivity (Wildman–Crippen MR) is 120 cm³/mol. The lowest BCUT2D eigenvalue weighted by molar-refractivity contribution is -0.324. The minimum atomic E-state index is -4.68. The summed E-state index contributed by atoms with van der Waals surface area (Å²) in [4.78, 5) is 27.7. The summed E-state index contributed by atoms with van der Waals surface area (Å²) in [5.74, 6) is -0.864. The van der Waals surface area contributed by atoms with Crippen LogP contribution in [0.2, 0.25) is 0 Å². The molecule has 0 spiro atoms. The number of nitrogens with zero attached hydrogens (tertiary/aromatic N) is 4. The topological polar surface area (TPSA) is 100 Å². The molecule has 2 aromatic carbocycles. The molecule has 0 saturated heterocycles. The van der Waals surface area contributed by atoms with Crippen LogP contribution in [-0.2, 0) is 17.7 Å². The van der Waals surface area contributed by atoms with Crippen LogP contribution in [0.1, 0.15) is 38.9 Å². The van der Waals surface area contributed by atoms with Crippen LogP contribution in [-0.4, -0.2) is 40.6 Å². The molecule has 2 heterocycles. The lowest BCUT2D eigenvalue weighted by Gasteiger charge is -2.34. The molecule has 1 aliphatic rings. The number of alkyl halides is 3. The fourth-order valence-corrected chi connectivity index (χ4v) is 3.89. The fourth-order valence-electron chi connectivity index (χ4n) is 3.89. The number of aromatic nitrogens is 2. The summed E-state index contributed by atoms with van der Waals surface area (Å²) in [7, 11) is 0. The second-order valence-electron chi connectivity index (χ2n) is 7.97. The number of anilines is 2. The Morgan fingerprint density at radius 2 is 2.00 bits per heavy atom. The van der Waals surface area contributed by atoms with Gasteiger partial charge in [-0.05, 0) is 49.2 Å². The molecule has 4 rings (SSSR count). The number of rotatable bonds is 6. The van der Waals surface area contributed by atoms with E-state index in [0.29, 0.717) is 23.4 Å². The minimum absolute atomic E-state index is 0.0687. The summed E-state index contributed by atoms with van der Waals surface area (Å²) in [6.45, 7) is 1.72. The Morgan fingerprint density at radius 1 is 1.26 bits per heavy atom. The third-order valence-corrected chi connectivity index (χ3v) is 5.51. The number of hydrogen-bond donors (Lipinski definition) is 1. The Balaban J connectivity index is 1.52. The number of nitriles is 1.